The second-order valence-electron chi connectivity index (χ2n) is 7.77. The van der Waals surface area contributed by atoms with Crippen LogP contribution in [0.4, 0.5) is 0 Å². The number of thioether (sulfide) groups is 1. The molecule has 0 aliphatic carbocycles. The van der Waals surface area contributed by atoms with Gasteiger partial charge in [-0.3, -0.25) is 9.69 Å². The van der Waals surface area contributed by atoms with Gasteiger partial charge in [-0.15, -0.1) is 0 Å². The molecule has 0 radical (unpaired) electrons. The summed E-state index contributed by atoms with van der Waals surface area (Å²) in [7, 11) is 0. The maximum Gasteiger partial charge on any atom is 0.237 e. The SMILES string of the molecule is CC(C)NC(=O)[C@@H]1C[C@H](Sc2nc3ccccc3[nH]2)CN1Cc1cccc(Cl)c1. The molecule has 1 amide bonds. The van der Waals surface area contributed by atoms with E-state index >= 15 is 0 Å². The van der Waals surface area contributed by atoms with Crippen LogP contribution in [-0.4, -0.2) is 44.7 Å². The van der Waals surface area contributed by atoms with Crippen molar-refractivity contribution in [1.29, 1.82) is 0 Å². The summed E-state index contributed by atoms with van der Waals surface area (Å²) in [6, 6.07) is 15.9. The van der Waals surface area contributed by atoms with Crippen molar-refractivity contribution in [3.63, 3.8) is 0 Å². The quantitative estimate of drug-likeness (QED) is 0.607. The van der Waals surface area contributed by atoms with Gasteiger partial charge in [0.1, 0.15) is 0 Å². The summed E-state index contributed by atoms with van der Waals surface area (Å²) in [4.78, 5) is 23.2. The topological polar surface area (TPSA) is 61.0 Å². The van der Waals surface area contributed by atoms with E-state index in [2.05, 4.69) is 26.3 Å². The molecule has 0 unspecified atom stereocenters. The van der Waals surface area contributed by atoms with E-state index in [1.54, 1.807) is 11.8 Å². The Bertz CT molecular complexity index is 972. The number of hydrogen-bond donors (Lipinski definition) is 2. The Morgan fingerprint density at radius 1 is 1.31 bits per heavy atom. The predicted molar refractivity (Wildman–Crippen MR) is 119 cm³/mol. The second kappa shape index (κ2) is 8.78. The molecule has 0 bridgehead atoms. The van der Waals surface area contributed by atoms with Crippen LogP contribution in [0.25, 0.3) is 11.0 Å². The molecular formula is C22H25ClN4OS. The largest absolute Gasteiger partial charge is 0.353 e. The molecule has 1 fully saturated rings. The lowest BCUT2D eigenvalue weighted by Gasteiger charge is -2.24. The molecule has 152 valence electrons. The summed E-state index contributed by atoms with van der Waals surface area (Å²) < 4.78 is 0. The van der Waals surface area contributed by atoms with Gasteiger partial charge < -0.3 is 10.3 Å². The Morgan fingerprint density at radius 2 is 2.14 bits per heavy atom. The van der Waals surface area contributed by atoms with Gasteiger partial charge in [-0.1, -0.05) is 47.6 Å². The Balaban J connectivity index is 1.51. The molecular weight excluding hydrogens is 404 g/mol. The lowest BCUT2D eigenvalue weighted by Crippen LogP contribution is -2.45. The van der Waals surface area contributed by atoms with Crippen LogP contribution in [0.1, 0.15) is 25.8 Å². The molecule has 2 atom stereocenters. The summed E-state index contributed by atoms with van der Waals surface area (Å²) >= 11 is 7.88. The highest BCUT2D eigenvalue weighted by Crippen LogP contribution is 2.33. The minimum atomic E-state index is -0.154. The van der Waals surface area contributed by atoms with Gasteiger partial charge in [-0.05, 0) is 50.1 Å². The van der Waals surface area contributed by atoms with E-state index in [0.717, 1.165) is 39.7 Å². The molecule has 2 heterocycles. The number of carbonyl (C=O) groups excluding carboxylic acids is 1. The van der Waals surface area contributed by atoms with Crippen molar-refractivity contribution in [2.45, 2.75) is 49.3 Å². The van der Waals surface area contributed by atoms with Crippen LogP contribution in [0.3, 0.4) is 0 Å². The molecule has 2 N–H and O–H groups in total. The van der Waals surface area contributed by atoms with E-state index in [1.807, 2.05) is 56.3 Å². The highest BCUT2D eigenvalue weighted by atomic mass is 35.5. The number of halogens is 1. The minimum absolute atomic E-state index is 0.0923. The van der Waals surface area contributed by atoms with E-state index in [4.69, 9.17) is 11.6 Å². The van der Waals surface area contributed by atoms with E-state index in [-0.39, 0.29) is 23.2 Å². The van der Waals surface area contributed by atoms with Gasteiger partial charge in [0.15, 0.2) is 5.16 Å². The predicted octanol–water partition coefficient (Wildman–Crippen LogP) is 4.48. The highest BCUT2D eigenvalue weighted by molar-refractivity contribution is 7.99. The first-order valence-electron chi connectivity index (χ1n) is 9.88. The van der Waals surface area contributed by atoms with Gasteiger partial charge in [-0.25, -0.2) is 4.98 Å². The van der Waals surface area contributed by atoms with Crippen molar-refractivity contribution >= 4 is 40.3 Å². The third kappa shape index (κ3) is 4.94. The molecule has 1 aromatic heterocycles. The highest BCUT2D eigenvalue weighted by Gasteiger charge is 2.37. The smallest absolute Gasteiger partial charge is 0.237 e. The Hall–Kier alpha value is -2.02. The number of rotatable bonds is 6. The zero-order chi connectivity index (χ0) is 20.4. The van der Waals surface area contributed by atoms with Crippen molar-refractivity contribution in [3.8, 4) is 0 Å². The first-order valence-corrected chi connectivity index (χ1v) is 11.1. The molecule has 29 heavy (non-hydrogen) atoms. The Labute approximate surface area is 180 Å². The lowest BCUT2D eigenvalue weighted by molar-refractivity contribution is -0.126. The molecule has 1 aliphatic rings. The minimum Gasteiger partial charge on any atom is -0.353 e. The maximum atomic E-state index is 12.9. The van der Waals surface area contributed by atoms with Crippen molar-refractivity contribution in [2.75, 3.05) is 6.54 Å². The zero-order valence-electron chi connectivity index (χ0n) is 16.6. The number of fused-ring (bicyclic) bond motifs is 1. The number of amides is 1. The normalized spacial score (nSPS) is 19.9. The van der Waals surface area contributed by atoms with Gasteiger partial charge in [-0.2, -0.15) is 0 Å². The zero-order valence-corrected chi connectivity index (χ0v) is 18.1. The Morgan fingerprint density at radius 3 is 2.90 bits per heavy atom. The molecule has 5 nitrogen and oxygen atoms in total. The fourth-order valence-electron chi connectivity index (χ4n) is 3.79. The molecule has 2 aromatic carbocycles. The monoisotopic (exact) mass is 428 g/mol. The molecule has 4 rings (SSSR count). The molecule has 7 heteroatoms. The number of nitrogens with zero attached hydrogens (tertiary/aromatic N) is 2. The maximum absolute atomic E-state index is 12.9. The number of carbonyl (C=O) groups is 1. The van der Waals surface area contributed by atoms with Crippen molar-refractivity contribution in [3.05, 3.63) is 59.1 Å². The van der Waals surface area contributed by atoms with Crippen LogP contribution < -0.4 is 5.32 Å². The van der Waals surface area contributed by atoms with Crippen molar-refractivity contribution in [1.82, 2.24) is 20.2 Å². The fourth-order valence-corrected chi connectivity index (χ4v) is 5.18. The third-order valence-electron chi connectivity index (χ3n) is 5.02. The lowest BCUT2D eigenvalue weighted by atomic mass is 10.1. The molecule has 0 spiro atoms. The number of para-hydroxylation sites is 2. The molecule has 3 aromatic rings. The number of nitrogens with one attached hydrogen (secondary N) is 2. The first kappa shape index (κ1) is 20.3. The molecule has 1 saturated heterocycles. The van der Waals surface area contributed by atoms with Gasteiger partial charge in [0, 0.05) is 29.4 Å². The summed E-state index contributed by atoms with van der Waals surface area (Å²) in [5, 5.41) is 4.99. The van der Waals surface area contributed by atoms with Gasteiger partial charge in [0.2, 0.25) is 5.91 Å². The number of hydrogen-bond acceptors (Lipinski definition) is 4. The van der Waals surface area contributed by atoms with Crippen molar-refractivity contribution in [2.24, 2.45) is 0 Å². The molecule has 1 aliphatic heterocycles. The van der Waals surface area contributed by atoms with Crippen LogP contribution in [-0.2, 0) is 11.3 Å². The van der Waals surface area contributed by atoms with E-state index in [0.29, 0.717) is 6.54 Å². The average Bonchev–Trinajstić information content (AvgIpc) is 3.24. The van der Waals surface area contributed by atoms with Gasteiger partial charge >= 0.3 is 0 Å². The van der Waals surface area contributed by atoms with Crippen LogP contribution >= 0.6 is 23.4 Å². The summed E-state index contributed by atoms with van der Waals surface area (Å²) in [5.41, 5.74) is 3.13. The summed E-state index contributed by atoms with van der Waals surface area (Å²) in [5.74, 6) is 0.0923. The number of benzene rings is 2. The van der Waals surface area contributed by atoms with E-state index < -0.39 is 0 Å². The number of aromatic amines is 1. The summed E-state index contributed by atoms with van der Waals surface area (Å²) in [6.07, 6.45) is 0.792. The van der Waals surface area contributed by atoms with Crippen molar-refractivity contribution < 1.29 is 4.79 Å². The van der Waals surface area contributed by atoms with Gasteiger partial charge in [0.25, 0.3) is 0 Å². The number of aromatic nitrogens is 2. The number of likely N-dealkylation sites (tertiary alicyclic amines) is 1. The third-order valence-corrected chi connectivity index (χ3v) is 6.35. The van der Waals surface area contributed by atoms with Crippen LogP contribution in [0.2, 0.25) is 5.02 Å². The summed E-state index contributed by atoms with van der Waals surface area (Å²) in [6.45, 7) is 5.52. The van der Waals surface area contributed by atoms with Crippen LogP contribution in [0, 0.1) is 0 Å². The van der Waals surface area contributed by atoms with Crippen LogP contribution in [0.15, 0.2) is 53.7 Å². The van der Waals surface area contributed by atoms with E-state index in [9.17, 15) is 4.79 Å². The van der Waals surface area contributed by atoms with E-state index in [1.165, 1.54) is 0 Å². The number of imidazole rings is 1. The Kier molecular flexibility index (Phi) is 6.13. The van der Waals surface area contributed by atoms with Gasteiger partial charge in [0.05, 0.1) is 17.1 Å². The molecule has 0 saturated carbocycles. The fraction of sp³-hybridized carbons (Fsp3) is 0.364. The second-order valence-corrected chi connectivity index (χ2v) is 9.50. The van der Waals surface area contributed by atoms with Crippen LogP contribution in [0.5, 0.6) is 0 Å². The standard InChI is InChI=1S/C22H25ClN4OS/c1-14(2)24-21(28)20-11-17(13-27(20)12-15-6-5-7-16(23)10-15)29-22-25-18-8-3-4-9-19(18)26-22/h3-10,14,17,20H,11-13H2,1-2H3,(H,24,28)(H,25,26)/t17-,20-/m0/s1. The number of H-pyrrole nitrogens is 1. The average molecular weight is 429 g/mol. The first-order chi connectivity index (χ1) is 14.0.